The number of fused-ring (bicyclic) bond motifs is 1. The molecule has 2 bridgehead atoms. The Labute approximate surface area is 193 Å². The highest BCUT2D eigenvalue weighted by Crippen LogP contribution is 2.52. The average Bonchev–Trinajstić information content (AvgIpc) is 3.30. The zero-order valence-corrected chi connectivity index (χ0v) is 18.1. The summed E-state index contributed by atoms with van der Waals surface area (Å²) in [5, 5.41) is 5.88. The molecule has 3 aliphatic rings. The molecule has 5 rings (SSSR count). The summed E-state index contributed by atoms with van der Waals surface area (Å²) >= 11 is 0. The van der Waals surface area contributed by atoms with Gasteiger partial charge in [-0.15, -0.1) is 0 Å². The van der Waals surface area contributed by atoms with Crippen LogP contribution in [0.1, 0.15) is 43.2 Å². The number of ether oxygens (including phenoxy) is 2. The summed E-state index contributed by atoms with van der Waals surface area (Å²) in [6.45, 7) is -0.482. The van der Waals surface area contributed by atoms with Crippen LogP contribution in [0, 0.1) is 5.92 Å². The molecule has 10 heteroatoms. The Morgan fingerprint density at radius 3 is 1.74 bits per heavy atom. The third-order valence-electron chi connectivity index (χ3n) is 6.24. The van der Waals surface area contributed by atoms with Gasteiger partial charge in [-0.25, -0.2) is 17.6 Å². The number of nitrogens with one attached hydrogen (secondary N) is 2. The maximum Gasteiger partial charge on any atom is 0.263 e. The molecule has 1 unspecified atom stereocenters. The van der Waals surface area contributed by atoms with Crippen molar-refractivity contribution in [3.05, 3.63) is 59.7 Å². The normalized spacial score (nSPS) is 22.9. The van der Waals surface area contributed by atoms with Crippen LogP contribution >= 0.6 is 0 Å². The lowest BCUT2D eigenvalue weighted by Gasteiger charge is -2.39. The summed E-state index contributed by atoms with van der Waals surface area (Å²) in [6, 6.07) is 10.5. The largest absolute Gasteiger partial charge is 0.484 e. The SMILES string of the molecule is O=C(COc1ccc(C(F)F)cc1)NC1CC2(NC(=O)COc3ccc(C(F)F)cc3)CC1C2. The minimum Gasteiger partial charge on any atom is -0.484 e. The van der Waals surface area contributed by atoms with E-state index in [1.807, 2.05) is 0 Å². The molecule has 2 N–H and O–H groups in total. The molecule has 0 heterocycles. The standard InChI is InChI=1S/C24H24F4N2O4/c25-22(26)14-1-5-17(6-2-14)33-12-20(31)29-19-11-24(9-16(19)10-24)30-21(32)13-34-18-7-3-15(4-8-18)23(27)28/h1-8,16,19,22-23H,9-13H2,(H,29,31)(H,30,32). The first kappa shape index (κ1) is 23.8. The summed E-state index contributed by atoms with van der Waals surface area (Å²) < 4.78 is 61.1. The minimum absolute atomic E-state index is 0.0968. The molecule has 34 heavy (non-hydrogen) atoms. The van der Waals surface area contributed by atoms with Gasteiger partial charge in [-0.2, -0.15) is 0 Å². The minimum atomic E-state index is -2.56. The molecule has 0 aromatic heterocycles. The van der Waals surface area contributed by atoms with Crippen molar-refractivity contribution in [2.75, 3.05) is 13.2 Å². The van der Waals surface area contributed by atoms with Crippen LogP contribution in [0.3, 0.4) is 0 Å². The van der Waals surface area contributed by atoms with Gasteiger partial charge >= 0.3 is 0 Å². The van der Waals surface area contributed by atoms with Crippen LogP contribution in [0.2, 0.25) is 0 Å². The number of hydrogen-bond acceptors (Lipinski definition) is 4. The van der Waals surface area contributed by atoms with Gasteiger partial charge in [0.05, 0.1) is 0 Å². The number of rotatable bonds is 10. The topological polar surface area (TPSA) is 76.7 Å². The number of carbonyl (C=O) groups is 2. The molecule has 0 aliphatic heterocycles. The Morgan fingerprint density at radius 2 is 1.26 bits per heavy atom. The molecule has 2 aromatic carbocycles. The van der Waals surface area contributed by atoms with Gasteiger partial charge in [-0.1, -0.05) is 0 Å². The van der Waals surface area contributed by atoms with Crippen molar-refractivity contribution in [1.29, 1.82) is 0 Å². The molecule has 2 aromatic rings. The number of carbonyl (C=O) groups excluding carboxylic acids is 2. The molecular weight excluding hydrogens is 456 g/mol. The van der Waals surface area contributed by atoms with Crippen LogP contribution in [0.25, 0.3) is 0 Å². The van der Waals surface area contributed by atoms with E-state index in [1.165, 1.54) is 48.5 Å². The van der Waals surface area contributed by atoms with Crippen molar-refractivity contribution in [2.45, 2.75) is 43.7 Å². The second-order valence-electron chi connectivity index (χ2n) is 8.69. The van der Waals surface area contributed by atoms with Gasteiger partial charge in [0.25, 0.3) is 24.7 Å². The summed E-state index contributed by atoms with van der Waals surface area (Å²) in [7, 11) is 0. The first-order valence-corrected chi connectivity index (χ1v) is 10.9. The second kappa shape index (κ2) is 9.90. The number of benzene rings is 2. The first-order chi connectivity index (χ1) is 16.2. The Kier molecular flexibility index (Phi) is 6.95. The number of alkyl halides is 4. The molecule has 0 saturated heterocycles. The Morgan fingerprint density at radius 1 is 0.794 bits per heavy atom. The van der Waals surface area contributed by atoms with E-state index in [4.69, 9.17) is 9.47 Å². The van der Waals surface area contributed by atoms with Crippen LogP contribution in [0.5, 0.6) is 11.5 Å². The lowest BCUT2D eigenvalue weighted by Crippen LogP contribution is -2.53. The molecule has 2 amide bonds. The van der Waals surface area contributed by atoms with Gasteiger partial charge in [0.1, 0.15) is 11.5 Å². The van der Waals surface area contributed by atoms with E-state index in [2.05, 4.69) is 10.6 Å². The van der Waals surface area contributed by atoms with Crippen LogP contribution < -0.4 is 20.1 Å². The molecule has 3 saturated carbocycles. The summed E-state index contributed by atoms with van der Waals surface area (Å²) in [5.41, 5.74) is -0.635. The van der Waals surface area contributed by atoms with Crippen LogP contribution in [-0.2, 0) is 9.59 Å². The molecule has 3 fully saturated rings. The quantitative estimate of drug-likeness (QED) is 0.501. The summed E-state index contributed by atoms with van der Waals surface area (Å²) in [4.78, 5) is 24.6. The van der Waals surface area contributed by atoms with Crippen molar-refractivity contribution >= 4 is 11.8 Å². The zero-order chi connectivity index (χ0) is 24.3. The Hall–Kier alpha value is -3.30. The fraction of sp³-hybridized carbons (Fsp3) is 0.417. The second-order valence-corrected chi connectivity index (χ2v) is 8.69. The van der Waals surface area contributed by atoms with E-state index in [0.717, 1.165) is 12.8 Å². The lowest BCUT2D eigenvalue weighted by molar-refractivity contribution is -0.126. The number of amides is 2. The molecule has 182 valence electrons. The molecule has 0 spiro atoms. The lowest BCUT2D eigenvalue weighted by atomic mass is 9.76. The van der Waals surface area contributed by atoms with Crippen molar-refractivity contribution in [3.8, 4) is 11.5 Å². The van der Waals surface area contributed by atoms with E-state index >= 15 is 0 Å². The van der Waals surface area contributed by atoms with Crippen molar-refractivity contribution in [2.24, 2.45) is 5.92 Å². The van der Waals surface area contributed by atoms with E-state index in [0.29, 0.717) is 17.9 Å². The van der Waals surface area contributed by atoms with E-state index in [9.17, 15) is 27.2 Å². The van der Waals surface area contributed by atoms with Crippen molar-refractivity contribution < 1.29 is 36.6 Å². The Bertz CT molecular complexity index is 1010. The highest BCUT2D eigenvalue weighted by molar-refractivity contribution is 5.79. The van der Waals surface area contributed by atoms with Gasteiger partial charge in [0.2, 0.25) is 0 Å². The summed E-state index contributed by atoms with van der Waals surface area (Å²) in [6.07, 6.45) is -3.07. The number of halogens is 4. The first-order valence-electron chi connectivity index (χ1n) is 10.9. The fourth-order valence-electron chi connectivity index (χ4n) is 4.60. The zero-order valence-electron chi connectivity index (χ0n) is 18.1. The smallest absolute Gasteiger partial charge is 0.263 e. The maximum atomic E-state index is 12.6. The third-order valence-corrected chi connectivity index (χ3v) is 6.24. The molecular formula is C24H24F4N2O4. The van der Waals surface area contributed by atoms with Crippen molar-refractivity contribution in [1.82, 2.24) is 10.6 Å². The van der Waals surface area contributed by atoms with Gasteiger partial charge in [0.15, 0.2) is 13.2 Å². The van der Waals surface area contributed by atoms with E-state index in [-0.39, 0.29) is 48.1 Å². The predicted octanol–water partition coefficient (Wildman–Crippen LogP) is 4.17. The number of hydrogen-bond donors (Lipinski definition) is 2. The highest BCUT2D eigenvalue weighted by atomic mass is 19.3. The summed E-state index contributed by atoms with van der Waals surface area (Å²) in [5.74, 6) is 0.246. The van der Waals surface area contributed by atoms with Crippen LogP contribution in [-0.4, -0.2) is 36.6 Å². The monoisotopic (exact) mass is 480 g/mol. The predicted molar refractivity (Wildman–Crippen MR) is 114 cm³/mol. The molecule has 6 nitrogen and oxygen atoms in total. The van der Waals surface area contributed by atoms with Crippen LogP contribution in [0.4, 0.5) is 17.6 Å². The van der Waals surface area contributed by atoms with Crippen LogP contribution in [0.15, 0.2) is 48.5 Å². The fourth-order valence-corrected chi connectivity index (χ4v) is 4.60. The van der Waals surface area contributed by atoms with Gasteiger partial charge in [0, 0.05) is 22.7 Å². The maximum absolute atomic E-state index is 12.6. The van der Waals surface area contributed by atoms with Gasteiger partial charge in [-0.05, 0) is 73.7 Å². The van der Waals surface area contributed by atoms with E-state index in [1.54, 1.807) is 0 Å². The molecule has 0 radical (unpaired) electrons. The van der Waals surface area contributed by atoms with Gasteiger partial charge in [-0.3, -0.25) is 9.59 Å². The third kappa shape index (κ3) is 5.60. The molecule has 1 atom stereocenters. The van der Waals surface area contributed by atoms with E-state index < -0.39 is 18.4 Å². The Balaban J connectivity index is 1.18. The molecule has 3 aliphatic carbocycles. The average molecular weight is 480 g/mol. The highest BCUT2D eigenvalue weighted by Gasteiger charge is 2.57. The van der Waals surface area contributed by atoms with Gasteiger partial charge < -0.3 is 20.1 Å². The van der Waals surface area contributed by atoms with Crippen molar-refractivity contribution in [3.63, 3.8) is 0 Å².